The van der Waals surface area contributed by atoms with Crippen LogP contribution in [0.15, 0.2) is 53.1 Å². The van der Waals surface area contributed by atoms with Gasteiger partial charge in [0.2, 0.25) is 5.91 Å². The summed E-state index contributed by atoms with van der Waals surface area (Å²) in [5, 5.41) is 2.81. The van der Waals surface area contributed by atoms with Gasteiger partial charge in [0, 0.05) is 18.8 Å². The van der Waals surface area contributed by atoms with E-state index in [0.29, 0.717) is 31.6 Å². The maximum atomic E-state index is 12.4. The summed E-state index contributed by atoms with van der Waals surface area (Å²) in [5.74, 6) is -1.14. The van der Waals surface area contributed by atoms with E-state index in [1.807, 2.05) is 18.2 Å². The fourth-order valence-electron chi connectivity index (χ4n) is 2.79. The summed E-state index contributed by atoms with van der Waals surface area (Å²) in [6.07, 6.45) is 2.74. The van der Waals surface area contributed by atoms with Gasteiger partial charge in [-0.3, -0.25) is 20.4 Å². The fourth-order valence-corrected chi connectivity index (χ4v) is 2.79. The summed E-state index contributed by atoms with van der Waals surface area (Å²) in [6, 6.07) is 12.0. The van der Waals surface area contributed by atoms with Gasteiger partial charge in [-0.25, -0.2) is 4.79 Å². The van der Waals surface area contributed by atoms with Gasteiger partial charge in [0.25, 0.3) is 0 Å². The molecule has 0 spiro atoms. The predicted octanol–water partition coefficient (Wildman–Crippen LogP) is 1.98. The monoisotopic (exact) mass is 356 g/mol. The van der Waals surface area contributed by atoms with E-state index in [2.05, 4.69) is 16.2 Å². The molecule has 0 bridgehead atoms. The van der Waals surface area contributed by atoms with Crippen molar-refractivity contribution in [3.05, 3.63) is 54.5 Å². The smallest absolute Gasteiger partial charge is 0.321 e. The first-order valence-electron chi connectivity index (χ1n) is 8.38. The number of para-hydroxylation sites is 1. The van der Waals surface area contributed by atoms with Crippen LogP contribution in [0.3, 0.4) is 0 Å². The van der Waals surface area contributed by atoms with Crippen molar-refractivity contribution in [1.82, 2.24) is 15.8 Å². The van der Waals surface area contributed by atoms with Crippen LogP contribution in [0.4, 0.5) is 10.5 Å². The van der Waals surface area contributed by atoms with Crippen LogP contribution in [0, 0.1) is 5.92 Å². The van der Waals surface area contributed by atoms with Crippen molar-refractivity contribution in [3.63, 3.8) is 0 Å². The highest BCUT2D eigenvalue weighted by molar-refractivity contribution is 5.93. The molecule has 4 amide bonds. The summed E-state index contributed by atoms with van der Waals surface area (Å²) in [5.41, 5.74) is 5.41. The lowest BCUT2D eigenvalue weighted by atomic mass is 9.98. The molecule has 1 atom stereocenters. The minimum absolute atomic E-state index is 0.109. The number of hydrazine groups is 1. The number of carbonyl (C=O) groups is 3. The zero-order valence-electron chi connectivity index (χ0n) is 14.1. The Bertz CT molecular complexity index is 761. The molecule has 2 aromatic rings. The third-order valence-electron chi connectivity index (χ3n) is 4.15. The maximum Gasteiger partial charge on any atom is 0.321 e. The van der Waals surface area contributed by atoms with Crippen LogP contribution in [-0.4, -0.2) is 35.8 Å². The lowest BCUT2D eigenvalue weighted by Crippen LogP contribution is -2.50. The van der Waals surface area contributed by atoms with E-state index in [1.165, 1.54) is 12.3 Å². The van der Waals surface area contributed by atoms with Crippen molar-refractivity contribution < 1.29 is 18.8 Å². The molecule has 8 heteroatoms. The van der Waals surface area contributed by atoms with Crippen molar-refractivity contribution in [3.8, 4) is 0 Å². The van der Waals surface area contributed by atoms with Crippen LogP contribution in [0.5, 0.6) is 0 Å². The lowest BCUT2D eigenvalue weighted by molar-refractivity contribution is -0.127. The van der Waals surface area contributed by atoms with Crippen LogP contribution in [0.1, 0.15) is 23.4 Å². The molecule has 136 valence electrons. The summed E-state index contributed by atoms with van der Waals surface area (Å²) in [4.78, 5) is 38.0. The predicted molar refractivity (Wildman–Crippen MR) is 94.1 cm³/mol. The van der Waals surface area contributed by atoms with E-state index in [4.69, 9.17) is 4.42 Å². The first-order valence-corrected chi connectivity index (χ1v) is 8.38. The first-order chi connectivity index (χ1) is 12.6. The van der Waals surface area contributed by atoms with Crippen molar-refractivity contribution in [2.45, 2.75) is 12.8 Å². The number of furan rings is 1. The molecule has 26 heavy (non-hydrogen) atoms. The summed E-state index contributed by atoms with van der Waals surface area (Å²) >= 11 is 0. The van der Waals surface area contributed by atoms with Crippen molar-refractivity contribution in [2.24, 2.45) is 5.92 Å². The number of urea groups is 1. The summed E-state index contributed by atoms with van der Waals surface area (Å²) < 4.78 is 4.95. The molecule has 8 nitrogen and oxygen atoms in total. The third kappa shape index (κ3) is 4.41. The number of carbonyl (C=O) groups excluding carboxylic acids is 3. The van der Waals surface area contributed by atoms with Gasteiger partial charge in [-0.2, -0.15) is 0 Å². The molecule has 1 saturated heterocycles. The Morgan fingerprint density at radius 2 is 1.85 bits per heavy atom. The van der Waals surface area contributed by atoms with E-state index >= 15 is 0 Å². The topological polar surface area (TPSA) is 104 Å². The largest absolute Gasteiger partial charge is 0.459 e. The van der Waals surface area contributed by atoms with Crippen LogP contribution >= 0.6 is 0 Å². The second kappa shape index (κ2) is 8.19. The van der Waals surface area contributed by atoms with Crippen molar-refractivity contribution in [1.29, 1.82) is 0 Å². The lowest BCUT2D eigenvalue weighted by Gasteiger charge is -2.32. The second-order valence-corrected chi connectivity index (χ2v) is 6.00. The number of hydrogen-bond acceptors (Lipinski definition) is 4. The van der Waals surface area contributed by atoms with E-state index < -0.39 is 5.91 Å². The number of nitrogens with zero attached hydrogens (tertiary/aromatic N) is 1. The number of amides is 4. The highest BCUT2D eigenvalue weighted by atomic mass is 16.3. The molecular weight excluding hydrogens is 336 g/mol. The number of hydrogen-bond donors (Lipinski definition) is 3. The normalized spacial score (nSPS) is 16.6. The van der Waals surface area contributed by atoms with Gasteiger partial charge >= 0.3 is 11.9 Å². The van der Waals surface area contributed by atoms with Gasteiger partial charge < -0.3 is 14.6 Å². The number of nitrogens with one attached hydrogen (secondary N) is 3. The number of piperidine rings is 1. The minimum Gasteiger partial charge on any atom is -0.459 e. The molecule has 1 aliphatic heterocycles. The Morgan fingerprint density at radius 1 is 1.04 bits per heavy atom. The van der Waals surface area contributed by atoms with Crippen LogP contribution < -0.4 is 16.2 Å². The molecule has 1 aromatic carbocycles. The SMILES string of the molecule is O=C(NNC(=O)[C@@H]1CCCN(C(=O)Nc2ccccc2)C1)c1ccco1. The van der Waals surface area contributed by atoms with Crippen LogP contribution in [0.2, 0.25) is 0 Å². The Balaban J connectivity index is 1.50. The zero-order chi connectivity index (χ0) is 18.4. The van der Waals surface area contributed by atoms with E-state index in [0.717, 1.165) is 0 Å². The molecule has 0 aliphatic carbocycles. The molecule has 3 rings (SSSR count). The third-order valence-corrected chi connectivity index (χ3v) is 4.15. The minimum atomic E-state index is -0.530. The van der Waals surface area contributed by atoms with Crippen LogP contribution in [-0.2, 0) is 4.79 Å². The molecule has 1 aromatic heterocycles. The van der Waals surface area contributed by atoms with Gasteiger partial charge in [0.05, 0.1) is 12.2 Å². The Labute approximate surface area is 150 Å². The highest BCUT2D eigenvalue weighted by Crippen LogP contribution is 2.18. The quantitative estimate of drug-likeness (QED) is 0.732. The van der Waals surface area contributed by atoms with E-state index in [9.17, 15) is 14.4 Å². The van der Waals surface area contributed by atoms with Gasteiger partial charge in [-0.15, -0.1) is 0 Å². The van der Waals surface area contributed by atoms with Gasteiger partial charge in [-0.1, -0.05) is 18.2 Å². The molecule has 2 heterocycles. The second-order valence-electron chi connectivity index (χ2n) is 6.00. The van der Waals surface area contributed by atoms with Gasteiger partial charge in [0.1, 0.15) is 0 Å². The number of likely N-dealkylation sites (tertiary alicyclic amines) is 1. The Kier molecular flexibility index (Phi) is 5.52. The molecule has 0 unspecified atom stereocenters. The number of rotatable bonds is 3. The van der Waals surface area contributed by atoms with E-state index in [1.54, 1.807) is 23.1 Å². The molecular formula is C18H20N4O4. The summed E-state index contributed by atoms with van der Waals surface area (Å²) in [7, 11) is 0. The van der Waals surface area contributed by atoms with E-state index in [-0.39, 0.29) is 23.6 Å². The molecule has 3 N–H and O–H groups in total. The molecule has 0 radical (unpaired) electrons. The fraction of sp³-hybridized carbons (Fsp3) is 0.278. The van der Waals surface area contributed by atoms with Crippen molar-refractivity contribution in [2.75, 3.05) is 18.4 Å². The highest BCUT2D eigenvalue weighted by Gasteiger charge is 2.28. The standard InChI is InChI=1S/C18H20N4O4/c23-16(20-21-17(24)15-9-5-11-26-15)13-6-4-10-22(12-13)18(25)19-14-7-2-1-3-8-14/h1-3,5,7-9,11,13H,4,6,10,12H2,(H,19,25)(H,20,23)(H,21,24)/t13-/m1/s1. The number of anilines is 1. The number of benzene rings is 1. The molecule has 1 aliphatic rings. The van der Waals surface area contributed by atoms with Crippen molar-refractivity contribution >= 4 is 23.5 Å². The zero-order valence-corrected chi connectivity index (χ0v) is 14.1. The molecule has 0 saturated carbocycles. The summed E-state index contributed by atoms with van der Waals surface area (Å²) in [6.45, 7) is 0.877. The maximum absolute atomic E-state index is 12.4. The van der Waals surface area contributed by atoms with Gasteiger partial charge in [-0.05, 0) is 37.1 Å². The average molecular weight is 356 g/mol. The average Bonchev–Trinajstić information content (AvgIpc) is 3.21. The molecule has 1 fully saturated rings. The Hall–Kier alpha value is -3.29. The van der Waals surface area contributed by atoms with Gasteiger partial charge in [0.15, 0.2) is 5.76 Å². The van der Waals surface area contributed by atoms with Crippen LogP contribution in [0.25, 0.3) is 0 Å². The first kappa shape index (κ1) is 17.5. The Morgan fingerprint density at radius 3 is 2.58 bits per heavy atom.